The summed E-state index contributed by atoms with van der Waals surface area (Å²) in [6.45, 7) is 0. The van der Waals surface area contributed by atoms with Gasteiger partial charge < -0.3 is 10.0 Å². The molecule has 0 unspecified atom stereocenters. The second-order valence-corrected chi connectivity index (χ2v) is 5.69. The maximum absolute atomic E-state index is 14.2. The Morgan fingerprint density at radius 2 is 2.10 bits per heavy atom. The molecule has 0 saturated heterocycles. The number of hydrogen-bond donors (Lipinski definition) is 1. The number of hydrogen-bond acceptors (Lipinski definition) is 3. The van der Waals surface area contributed by atoms with Gasteiger partial charge in [0.1, 0.15) is 5.82 Å². The Labute approximate surface area is 123 Å². The topological polar surface area (TPSA) is 64.3 Å². The van der Waals surface area contributed by atoms with Crippen LogP contribution < -0.4 is 4.90 Å². The van der Waals surface area contributed by atoms with E-state index in [1.54, 1.807) is 24.1 Å². The van der Waals surface area contributed by atoms with E-state index in [1.807, 2.05) is 6.07 Å². The van der Waals surface area contributed by atoms with Gasteiger partial charge in [0.25, 0.3) is 0 Å². The summed E-state index contributed by atoms with van der Waals surface area (Å²) in [5.41, 5.74) is 0.0803. The van der Waals surface area contributed by atoms with Crippen LogP contribution in [0.5, 0.6) is 0 Å². The molecule has 1 saturated carbocycles. The van der Waals surface area contributed by atoms with Crippen LogP contribution in [0, 0.1) is 17.1 Å². The van der Waals surface area contributed by atoms with Crippen molar-refractivity contribution in [3.63, 3.8) is 0 Å². The van der Waals surface area contributed by atoms with Crippen LogP contribution in [0.15, 0.2) is 18.2 Å². The number of carbonyl (C=O) groups is 1. The molecule has 0 radical (unpaired) electrons. The molecule has 1 aromatic carbocycles. The number of anilines is 1. The van der Waals surface area contributed by atoms with E-state index in [0.717, 1.165) is 32.1 Å². The summed E-state index contributed by atoms with van der Waals surface area (Å²) in [6, 6.07) is 6.22. The minimum Gasteiger partial charge on any atom is -0.481 e. The second-order valence-electron chi connectivity index (χ2n) is 5.69. The molecule has 0 aliphatic heterocycles. The van der Waals surface area contributed by atoms with E-state index < -0.39 is 17.3 Å². The molecule has 5 heteroatoms. The quantitative estimate of drug-likeness (QED) is 0.924. The summed E-state index contributed by atoms with van der Waals surface area (Å²) in [5.74, 6) is -1.34. The second kappa shape index (κ2) is 6.13. The molecule has 112 valence electrons. The highest BCUT2D eigenvalue weighted by molar-refractivity contribution is 5.70. The van der Waals surface area contributed by atoms with Gasteiger partial charge in [-0.1, -0.05) is 19.3 Å². The highest BCUT2D eigenvalue weighted by atomic mass is 19.1. The van der Waals surface area contributed by atoms with Crippen molar-refractivity contribution in [3.8, 4) is 6.07 Å². The fourth-order valence-corrected chi connectivity index (χ4v) is 3.23. The summed E-state index contributed by atoms with van der Waals surface area (Å²) in [5, 5.41) is 18.0. The minimum atomic E-state index is -0.863. The zero-order valence-electron chi connectivity index (χ0n) is 12.1. The molecule has 1 aliphatic carbocycles. The molecule has 0 atom stereocenters. The molecule has 1 aromatic rings. The maximum Gasteiger partial charge on any atom is 0.305 e. The van der Waals surface area contributed by atoms with Crippen LogP contribution in [0.25, 0.3) is 0 Å². The number of rotatable bonds is 4. The van der Waals surface area contributed by atoms with Gasteiger partial charge in [-0.3, -0.25) is 4.79 Å². The van der Waals surface area contributed by atoms with Crippen molar-refractivity contribution in [2.45, 2.75) is 44.1 Å². The molecular weight excluding hydrogens is 271 g/mol. The Hall–Kier alpha value is -2.09. The lowest BCUT2D eigenvalue weighted by Crippen LogP contribution is -2.50. The molecule has 1 N–H and O–H groups in total. The first-order chi connectivity index (χ1) is 9.98. The molecule has 1 fully saturated rings. The van der Waals surface area contributed by atoms with Gasteiger partial charge >= 0.3 is 5.97 Å². The van der Waals surface area contributed by atoms with Crippen molar-refractivity contribution in [2.75, 3.05) is 11.9 Å². The van der Waals surface area contributed by atoms with Crippen molar-refractivity contribution < 1.29 is 14.3 Å². The first kappa shape index (κ1) is 15.3. The van der Waals surface area contributed by atoms with Crippen LogP contribution in [0.2, 0.25) is 0 Å². The first-order valence-corrected chi connectivity index (χ1v) is 7.14. The van der Waals surface area contributed by atoms with E-state index in [-0.39, 0.29) is 12.0 Å². The van der Waals surface area contributed by atoms with Gasteiger partial charge in [0.05, 0.1) is 29.3 Å². The molecular formula is C16H19FN2O2. The Bertz CT molecular complexity index is 574. The van der Waals surface area contributed by atoms with E-state index in [4.69, 9.17) is 5.26 Å². The number of aliphatic carboxylic acids is 1. The lowest BCUT2D eigenvalue weighted by Gasteiger charge is -2.45. The van der Waals surface area contributed by atoms with Gasteiger partial charge in [0.15, 0.2) is 0 Å². The number of halogens is 1. The summed E-state index contributed by atoms with van der Waals surface area (Å²) in [4.78, 5) is 13.0. The predicted octanol–water partition coefficient (Wildman–Crippen LogP) is 3.31. The number of benzene rings is 1. The maximum atomic E-state index is 14.2. The molecule has 4 nitrogen and oxygen atoms in total. The van der Waals surface area contributed by atoms with Gasteiger partial charge in [0, 0.05) is 7.05 Å². The fraction of sp³-hybridized carbons (Fsp3) is 0.500. The van der Waals surface area contributed by atoms with E-state index in [1.165, 1.54) is 6.07 Å². The van der Waals surface area contributed by atoms with Crippen LogP contribution in [0.4, 0.5) is 10.1 Å². The zero-order chi connectivity index (χ0) is 15.5. The average molecular weight is 290 g/mol. The van der Waals surface area contributed by atoms with Gasteiger partial charge in [-0.2, -0.15) is 5.26 Å². The van der Waals surface area contributed by atoms with Crippen molar-refractivity contribution >= 4 is 11.7 Å². The van der Waals surface area contributed by atoms with Crippen molar-refractivity contribution in [1.82, 2.24) is 0 Å². The number of nitriles is 1. The van der Waals surface area contributed by atoms with Crippen molar-refractivity contribution in [3.05, 3.63) is 29.6 Å². The first-order valence-electron chi connectivity index (χ1n) is 7.14. The minimum absolute atomic E-state index is 0.00292. The van der Waals surface area contributed by atoms with Crippen LogP contribution in [0.3, 0.4) is 0 Å². The molecule has 21 heavy (non-hydrogen) atoms. The van der Waals surface area contributed by atoms with Crippen LogP contribution in [0.1, 0.15) is 44.1 Å². The molecule has 0 heterocycles. The van der Waals surface area contributed by atoms with Crippen LogP contribution >= 0.6 is 0 Å². The Morgan fingerprint density at radius 1 is 1.43 bits per heavy atom. The highest BCUT2D eigenvalue weighted by Crippen LogP contribution is 2.39. The summed E-state index contributed by atoms with van der Waals surface area (Å²) >= 11 is 0. The summed E-state index contributed by atoms with van der Waals surface area (Å²) in [6.07, 6.45) is 4.49. The largest absolute Gasteiger partial charge is 0.481 e. The van der Waals surface area contributed by atoms with Crippen LogP contribution in [-0.2, 0) is 4.79 Å². The predicted molar refractivity (Wildman–Crippen MR) is 77.6 cm³/mol. The van der Waals surface area contributed by atoms with E-state index in [9.17, 15) is 14.3 Å². The third-order valence-corrected chi connectivity index (χ3v) is 4.41. The van der Waals surface area contributed by atoms with Gasteiger partial charge in [-0.25, -0.2) is 4.39 Å². The molecule has 2 rings (SSSR count). The van der Waals surface area contributed by atoms with Crippen molar-refractivity contribution in [2.24, 2.45) is 0 Å². The number of nitrogens with zero attached hydrogens (tertiary/aromatic N) is 2. The molecule has 0 bridgehead atoms. The monoisotopic (exact) mass is 290 g/mol. The molecule has 0 spiro atoms. The Morgan fingerprint density at radius 3 is 2.62 bits per heavy atom. The zero-order valence-corrected chi connectivity index (χ0v) is 12.1. The van der Waals surface area contributed by atoms with Gasteiger partial charge in [-0.15, -0.1) is 0 Å². The standard InChI is InChI=1S/C16H19FN2O2/c1-19(14-6-5-12(11-18)9-13(14)17)16(10-15(20)21)7-3-2-4-8-16/h5-6,9H,2-4,7-8,10H2,1H3,(H,20,21). The van der Waals surface area contributed by atoms with E-state index >= 15 is 0 Å². The third kappa shape index (κ3) is 3.15. The molecule has 0 amide bonds. The van der Waals surface area contributed by atoms with Gasteiger partial charge in [0.2, 0.25) is 0 Å². The van der Waals surface area contributed by atoms with Crippen molar-refractivity contribution in [1.29, 1.82) is 5.26 Å². The fourth-order valence-electron chi connectivity index (χ4n) is 3.23. The number of carboxylic acids is 1. The normalized spacial score (nSPS) is 17.0. The number of carboxylic acid groups (broad SMARTS) is 1. The van der Waals surface area contributed by atoms with Crippen LogP contribution in [-0.4, -0.2) is 23.7 Å². The Kier molecular flexibility index (Phi) is 4.46. The van der Waals surface area contributed by atoms with E-state index in [0.29, 0.717) is 5.69 Å². The smallest absolute Gasteiger partial charge is 0.305 e. The third-order valence-electron chi connectivity index (χ3n) is 4.41. The van der Waals surface area contributed by atoms with E-state index in [2.05, 4.69) is 0 Å². The Balaban J connectivity index is 2.36. The SMILES string of the molecule is CN(c1ccc(C#N)cc1F)C1(CC(=O)O)CCCCC1. The lowest BCUT2D eigenvalue weighted by molar-refractivity contribution is -0.138. The van der Waals surface area contributed by atoms with Gasteiger partial charge in [-0.05, 0) is 31.0 Å². The average Bonchev–Trinajstić information content (AvgIpc) is 2.46. The molecule has 1 aliphatic rings. The summed E-state index contributed by atoms with van der Waals surface area (Å²) in [7, 11) is 1.75. The lowest BCUT2D eigenvalue weighted by atomic mass is 9.77. The highest BCUT2D eigenvalue weighted by Gasteiger charge is 2.39. The molecule has 0 aromatic heterocycles. The summed E-state index contributed by atoms with van der Waals surface area (Å²) < 4.78 is 14.2.